The van der Waals surface area contributed by atoms with Crippen LogP contribution < -0.4 is 16.8 Å². The summed E-state index contributed by atoms with van der Waals surface area (Å²) < 4.78 is 1.74. The Kier molecular flexibility index (Phi) is 3.71. The van der Waals surface area contributed by atoms with E-state index in [2.05, 4.69) is 20.4 Å². The van der Waals surface area contributed by atoms with E-state index in [1.165, 1.54) is 12.8 Å². The second-order valence-corrected chi connectivity index (χ2v) is 7.17. The van der Waals surface area contributed by atoms with Crippen molar-refractivity contribution in [2.45, 2.75) is 37.8 Å². The van der Waals surface area contributed by atoms with E-state index in [0.29, 0.717) is 22.8 Å². The molecule has 0 aliphatic heterocycles. The van der Waals surface area contributed by atoms with Crippen molar-refractivity contribution in [1.29, 1.82) is 0 Å². The Morgan fingerprint density at radius 3 is 2.96 bits per heavy atom. The van der Waals surface area contributed by atoms with Gasteiger partial charge in [0, 0.05) is 23.8 Å². The van der Waals surface area contributed by atoms with E-state index >= 15 is 0 Å². The number of nitrogen functional groups attached to an aromatic ring is 1. The van der Waals surface area contributed by atoms with Gasteiger partial charge in [0.2, 0.25) is 0 Å². The topological polar surface area (TPSA) is 123 Å². The molecule has 0 amide bonds. The number of nitrogens with one attached hydrogen (secondary N) is 2. The molecule has 5 rings (SSSR count). The average Bonchev–Trinajstić information content (AvgIpc) is 3.27. The van der Waals surface area contributed by atoms with E-state index < -0.39 is 0 Å². The van der Waals surface area contributed by atoms with Crippen molar-refractivity contribution in [3.05, 3.63) is 36.7 Å². The number of nitrogens with zero attached hydrogens (tertiary/aromatic N) is 4. The Morgan fingerprint density at radius 1 is 1.19 bits per heavy atom. The molecule has 1 aromatic carbocycles. The number of hydrogen-bond donors (Lipinski definition) is 4. The monoisotopic (exact) mass is 362 g/mol. The number of rotatable bonds is 3. The Balaban J connectivity index is 1.56. The van der Waals surface area contributed by atoms with Crippen molar-refractivity contribution in [1.82, 2.24) is 24.7 Å². The molecule has 138 valence electrons. The first-order chi connectivity index (χ1) is 13.2. The highest BCUT2D eigenvalue weighted by atomic mass is 15.3. The van der Waals surface area contributed by atoms with Gasteiger partial charge in [0.15, 0.2) is 17.0 Å². The van der Waals surface area contributed by atoms with Crippen LogP contribution in [0.1, 0.15) is 25.7 Å². The largest absolute Gasteiger partial charge is 0.380 e. The van der Waals surface area contributed by atoms with Gasteiger partial charge in [-0.05, 0) is 36.4 Å². The number of aromatic nitrogens is 5. The number of nitrogens with two attached hydrogens (primary N) is 2. The third kappa shape index (κ3) is 2.78. The maximum atomic E-state index is 6.26. The summed E-state index contributed by atoms with van der Waals surface area (Å²) in [5.74, 6) is 1.07. The minimum atomic E-state index is 0.140. The second kappa shape index (κ2) is 6.24. The fourth-order valence-electron chi connectivity index (χ4n) is 3.86. The summed E-state index contributed by atoms with van der Waals surface area (Å²) in [5.41, 5.74) is 15.5. The minimum Gasteiger partial charge on any atom is -0.380 e. The van der Waals surface area contributed by atoms with Crippen LogP contribution in [-0.4, -0.2) is 36.8 Å². The summed E-state index contributed by atoms with van der Waals surface area (Å²) in [6.45, 7) is 0. The fourth-order valence-corrected chi connectivity index (χ4v) is 3.86. The molecule has 27 heavy (non-hydrogen) atoms. The van der Waals surface area contributed by atoms with Crippen molar-refractivity contribution < 1.29 is 0 Å². The van der Waals surface area contributed by atoms with Crippen LogP contribution in [0.5, 0.6) is 0 Å². The van der Waals surface area contributed by atoms with Crippen LogP contribution in [0.3, 0.4) is 0 Å². The van der Waals surface area contributed by atoms with Crippen LogP contribution in [0.15, 0.2) is 36.7 Å². The standard InChI is InChI=1S/C19H22N8/c20-13-3-1-2-4-14(13)24-16-10-23-17-18(21)26-27(19(17)25-16)12-6-5-11-7-8-22-15(11)9-12/h5-10,13-14,22H,1-4,20H2,(H2,21,26)(H,24,25)/t13-,14?/m1/s1. The molecule has 4 aromatic rings. The Bertz CT molecular complexity index is 1110. The lowest BCUT2D eigenvalue weighted by atomic mass is 9.91. The molecule has 1 unspecified atom stereocenters. The number of anilines is 2. The van der Waals surface area contributed by atoms with Crippen molar-refractivity contribution in [3.63, 3.8) is 0 Å². The molecule has 0 bridgehead atoms. The number of H-pyrrole nitrogens is 1. The van der Waals surface area contributed by atoms with Gasteiger partial charge in [-0.3, -0.25) is 0 Å². The van der Waals surface area contributed by atoms with Crippen LogP contribution in [0.4, 0.5) is 11.6 Å². The average molecular weight is 362 g/mol. The number of hydrogen-bond acceptors (Lipinski definition) is 6. The molecule has 1 fully saturated rings. The van der Waals surface area contributed by atoms with Crippen molar-refractivity contribution in [2.75, 3.05) is 11.1 Å². The van der Waals surface area contributed by atoms with Crippen LogP contribution in [0.25, 0.3) is 27.8 Å². The Hall–Kier alpha value is -3.13. The van der Waals surface area contributed by atoms with Gasteiger partial charge in [0.25, 0.3) is 0 Å². The van der Waals surface area contributed by atoms with Gasteiger partial charge in [-0.25, -0.2) is 14.6 Å². The smallest absolute Gasteiger partial charge is 0.185 e. The van der Waals surface area contributed by atoms with Crippen LogP contribution in [-0.2, 0) is 0 Å². The predicted molar refractivity (Wildman–Crippen MR) is 107 cm³/mol. The summed E-state index contributed by atoms with van der Waals surface area (Å²) in [6.07, 6.45) is 8.08. The highest BCUT2D eigenvalue weighted by Gasteiger charge is 2.22. The molecule has 1 aliphatic rings. The van der Waals surface area contributed by atoms with Gasteiger partial charge in [-0.1, -0.05) is 18.9 Å². The van der Waals surface area contributed by atoms with Crippen LogP contribution in [0.2, 0.25) is 0 Å². The Morgan fingerprint density at radius 2 is 2.07 bits per heavy atom. The van der Waals surface area contributed by atoms with Crippen molar-refractivity contribution in [2.24, 2.45) is 5.73 Å². The van der Waals surface area contributed by atoms with E-state index in [4.69, 9.17) is 16.5 Å². The maximum absolute atomic E-state index is 6.26. The zero-order valence-corrected chi connectivity index (χ0v) is 14.9. The van der Waals surface area contributed by atoms with Gasteiger partial charge in [0.05, 0.1) is 11.9 Å². The molecule has 6 N–H and O–H groups in total. The third-order valence-corrected chi connectivity index (χ3v) is 5.34. The molecular formula is C19H22N8. The van der Waals surface area contributed by atoms with Gasteiger partial charge in [0.1, 0.15) is 5.82 Å². The molecule has 0 saturated heterocycles. The molecule has 0 spiro atoms. The predicted octanol–water partition coefficient (Wildman–Crippen LogP) is 2.56. The minimum absolute atomic E-state index is 0.140. The molecule has 3 aromatic heterocycles. The van der Waals surface area contributed by atoms with E-state index in [0.717, 1.165) is 29.4 Å². The molecular weight excluding hydrogens is 340 g/mol. The van der Waals surface area contributed by atoms with Gasteiger partial charge in [-0.15, -0.1) is 5.10 Å². The lowest BCUT2D eigenvalue weighted by molar-refractivity contribution is 0.403. The first kappa shape index (κ1) is 16.1. The first-order valence-corrected chi connectivity index (χ1v) is 9.30. The number of aromatic amines is 1. The quantitative estimate of drug-likeness (QED) is 0.444. The van der Waals surface area contributed by atoms with Gasteiger partial charge in [-0.2, -0.15) is 0 Å². The van der Waals surface area contributed by atoms with E-state index in [1.54, 1.807) is 10.9 Å². The highest BCUT2D eigenvalue weighted by molar-refractivity contribution is 5.86. The fraction of sp³-hybridized carbons (Fsp3) is 0.316. The normalized spacial score (nSPS) is 20.3. The van der Waals surface area contributed by atoms with E-state index in [9.17, 15) is 0 Å². The summed E-state index contributed by atoms with van der Waals surface area (Å²) in [4.78, 5) is 12.5. The zero-order chi connectivity index (χ0) is 18.4. The van der Waals surface area contributed by atoms with E-state index in [-0.39, 0.29) is 12.1 Å². The molecule has 8 heteroatoms. The second-order valence-electron chi connectivity index (χ2n) is 7.17. The van der Waals surface area contributed by atoms with Crippen molar-refractivity contribution in [3.8, 4) is 5.69 Å². The van der Waals surface area contributed by atoms with Gasteiger partial charge < -0.3 is 21.8 Å². The van der Waals surface area contributed by atoms with Gasteiger partial charge >= 0.3 is 0 Å². The molecule has 1 saturated carbocycles. The lowest BCUT2D eigenvalue weighted by Gasteiger charge is -2.29. The highest BCUT2D eigenvalue weighted by Crippen LogP contribution is 2.25. The van der Waals surface area contributed by atoms with E-state index in [1.807, 2.05) is 30.5 Å². The maximum Gasteiger partial charge on any atom is 0.185 e. The zero-order valence-electron chi connectivity index (χ0n) is 14.9. The summed E-state index contributed by atoms with van der Waals surface area (Å²) in [7, 11) is 0. The Labute approximate surface area is 156 Å². The summed E-state index contributed by atoms with van der Waals surface area (Å²) in [5, 5.41) is 9.05. The summed E-state index contributed by atoms with van der Waals surface area (Å²) in [6, 6.07) is 8.46. The molecule has 0 radical (unpaired) electrons. The molecule has 3 heterocycles. The molecule has 2 atom stereocenters. The van der Waals surface area contributed by atoms with Crippen LogP contribution in [0, 0.1) is 0 Å². The number of fused-ring (bicyclic) bond motifs is 2. The molecule has 8 nitrogen and oxygen atoms in total. The molecule has 1 aliphatic carbocycles. The summed E-state index contributed by atoms with van der Waals surface area (Å²) >= 11 is 0. The third-order valence-electron chi connectivity index (χ3n) is 5.34. The SMILES string of the molecule is Nc1nn(-c2ccc3cc[nH]c3c2)c2nc(NC3CCCC[C@H]3N)cnc12. The lowest BCUT2D eigenvalue weighted by Crippen LogP contribution is -2.42. The first-order valence-electron chi connectivity index (χ1n) is 9.30. The van der Waals surface area contributed by atoms with Crippen molar-refractivity contribution >= 4 is 33.7 Å². The van der Waals surface area contributed by atoms with Crippen LogP contribution >= 0.6 is 0 Å². The number of benzene rings is 1.